The minimum Gasteiger partial charge on any atom is -0.463 e. The van der Waals surface area contributed by atoms with Gasteiger partial charge in [-0.1, -0.05) is 72.0 Å². The molecule has 4 aliphatic heterocycles. The summed E-state index contributed by atoms with van der Waals surface area (Å²) in [4.78, 5) is 58.9. The lowest BCUT2D eigenvalue weighted by Gasteiger charge is -2.35. The molecule has 0 radical (unpaired) electrons. The number of aromatic nitrogens is 3. The van der Waals surface area contributed by atoms with Crippen LogP contribution in [0.5, 0.6) is 0 Å². The van der Waals surface area contributed by atoms with E-state index >= 15 is 0 Å². The Balaban J connectivity index is 1.28. The first-order valence-corrected chi connectivity index (χ1v) is 15.9. The molecule has 0 saturated carbocycles. The van der Waals surface area contributed by atoms with Crippen LogP contribution in [0.15, 0.2) is 78.9 Å². The molecule has 2 saturated heterocycles. The maximum absolute atomic E-state index is 14.8. The molecular weight excluding hydrogens is 604 g/mol. The molecule has 47 heavy (non-hydrogen) atoms. The number of aliphatic hydroxyl groups is 1. The van der Waals surface area contributed by atoms with Gasteiger partial charge in [-0.15, -0.1) is 5.10 Å². The van der Waals surface area contributed by atoms with Crippen LogP contribution >= 0.6 is 0 Å². The van der Waals surface area contributed by atoms with E-state index in [0.717, 1.165) is 11.1 Å². The van der Waals surface area contributed by atoms with Crippen molar-refractivity contribution in [2.45, 2.75) is 49.7 Å². The van der Waals surface area contributed by atoms with Crippen molar-refractivity contribution < 1.29 is 33.8 Å². The highest BCUT2D eigenvalue weighted by molar-refractivity contribution is 6.00. The summed E-state index contributed by atoms with van der Waals surface area (Å²) in [5.74, 6) is -3.52. The van der Waals surface area contributed by atoms with Crippen molar-refractivity contribution in [3.8, 4) is 0 Å². The molecule has 1 aromatic heterocycles. The maximum Gasteiger partial charge on any atom is 0.306 e. The van der Waals surface area contributed by atoms with E-state index < -0.39 is 47.5 Å². The van der Waals surface area contributed by atoms with Crippen molar-refractivity contribution in [2.24, 2.45) is 11.8 Å². The lowest BCUT2D eigenvalue weighted by Crippen LogP contribution is -2.56. The minimum absolute atomic E-state index is 0.0286. The number of hydrogen-bond donors (Lipinski definition) is 2. The number of cyclic esters (lactones) is 1. The zero-order chi connectivity index (χ0) is 32.5. The summed E-state index contributed by atoms with van der Waals surface area (Å²) < 4.78 is 13.7. The smallest absolute Gasteiger partial charge is 0.306 e. The van der Waals surface area contributed by atoms with Gasteiger partial charge < -0.3 is 29.7 Å². The molecule has 244 valence electrons. The molecule has 5 heterocycles. The van der Waals surface area contributed by atoms with Gasteiger partial charge in [-0.2, -0.15) is 0 Å². The second kappa shape index (κ2) is 12.7. The summed E-state index contributed by atoms with van der Waals surface area (Å²) in [6, 6.07) is 14.8. The highest BCUT2D eigenvalue weighted by Gasteiger charge is 2.73. The van der Waals surface area contributed by atoms with Crippen LogP contribution in [0.1, 0.15) is 30.9 Å². The largest absolute Gasteiger partial charge is 0.463 e. The van der Waals surface area contributed by atoms with Gasteiger partial charge in [0.15, 0.2) is 0 Å². The summed E-state index contributed by atoms with van der Waals surface area (Å²) >= 11 is 0. The number of fused-ring (bicyclic) bond motifs is 3. The number of aliphatic hydroxyl groups excluding tert-OH is 1. The van der Waals surface area contributed by atoms with Crippen molar-refractivity contribution in [2.75, 3.05) is 26.3 Å². The second-order valence-corrected chi connectivity index (χ2v) is 12.3. The molecule has 7 rings (SSSR count). The molecule has 4 aliphatic rings. The summed E-state index contributed by atoms with van der Waals surface area (Å²) in [5.41, 5.74) is 0.758. The summed E-state index contributed by atoms with van der Waals surface area (Å²) in [6.07, 6.45) is 7.14. The highest BCUT2D eigenvalue weighted by Crippen LogP contribution is 2.55. The van der Waals surface area contributed by atoms with Crippen LogP contribution in [0.3, 0.4) is 0 Å². The van der Waals surface area contributed by atoms with E-state index in [4.69, 9.17) is 9.47 Å². The fraction of sp³-hybridized carbons (Fsp3) is 0.412. The fourth-order valence-corrected chi connectivity index (χ4v) is 7.25. The van der Waals surface area contributed by atoms with E-state index in [1.54, 1.807) is 27.8 Å². The van der Waals surface area contributed by atoms with E-state index in [9.17, 15) is 24.3 Å². The Morgan fingerprint density at radius 2 is 1.81 bits per heavy atom. The predicted molar refractivity (Wildman–Crippen MR) is 167 cm³/mol. The van der Waals surface area contributed by atoms with Crippen LogP contribution < -0.4 is 5.32 Å². The average Bonchev–Trinajstić information content (AvgIpc) is 3.84. The Morgan fingerprint density at radius 3 is 2.64 bits per heavy atom. The Kier molecular flexibility index (Phi) is 8.33. The standard InChI is InChI=1S/C34H36N6O7/c41-19-9-18-39-30-33(45)38(21-40-25-13-7-6-12-23(25)36-37-40)17-8-2-5-14-27(42)46-20-24(22-10-3-1-4-11-22)35-31(43)28-26-15-16-34(30,47-26)29(28)32(39)44/h1-4,6-8,10-13,15-16,24,26,28-30,41H,5,9,14,17-21H2,(H,35,43)/b8-2-/t24-,26-,28+,29+,30-,34+/m0/s1. The lowest BCUT2D eigenvalue weighted by molar-refractivity contribution is -0.149. The summed E-state index contributed by atoms with van der Waals surface area (Å²) in [5, 5.41) is 21.2. The van der Waals surface area contributed by atoms with E-state index in [-0.39, 0.29) is 57.6 Å². The zero-order valence-corrected chi connectivity index (χ0v) is 25.7. The third kappa shape index (κ3) is 5.48. The molecule has 3 aromatic rings. The summed E-state index contributed by atoms with van der Waals surface area (Å²) in [6.45, 7) is 0.0218. The van der Waals surface area contributed by atoms with E-state index in [1.165, 1.54) is 4.90 Å². The number of rotatable bonds is 6. The first-order valence-electron chi connectivity index (χ1n) is 15.9. The van der Waals surface area contributed by atoms with Crippen molar-refractivity contribution in [3.05, 3.63) is 84.5 Å². The Hall–Kier alpha value is -4.88. The van der Waals surface area contributed by atoms with Gasteiger partial charge in [0.25, 0.3) is 5.91 Å². The quantitative estimate of drug-likeness (QED) is 0.301. The van der Waals surface area contributed by atoms with E-state index in [2.05, 4.69) is 15.6 Å². The van der Waals surface area contributed by atoms with Gasteiger partial charge in [0.2, 0.25) is 11.8 Å². The number of benzene rings is 2. The molecule has 2 N–H and O–H groups in total. The van der Waals surface area contributed by atoms with Crippen molar-refractivity contribution in [1.29, 1.82) is 0 Å². The lowest BCUT2D eigenvalue weighted by atomic mass is 9.74. The van der Waals surface area contributed by atoms with Crippen LogP contribution in [-0.2, 0) is 35.3 Å². The molecule has 0 aliphatic carbocycles. The van der Waals surface area contributed by atoms with Crippen LogP contribution in [0.2, 0.25) is 0 Å². The van der Waals surface area contributed by atoms with Crippen LogP contribution in [0.4, 0.5) is 0 Å². The monoisotopic (exact) mass is 640 g/mol. The molecule has 6 atom stereocenters. The number of allylic oxidation sites excluding steroid dienone is 1. The highest BCUT2D eigenvalue weighted by atomic mass is 16.5. The van der Waals surface area contributed by atoms with Gasteiger partial charge in [-0.3, -0.25) is 19.2 Å². The molecule has 13 nitrogen and oxygen atoms in total. The number of amides is 3. The van der Waals surface area contributed by atoms with Crippen LogP contribution in [0, 0.1) is 11.8 Å². The van der Waals surface area contributed by atoms with Gasteiger partial charge in [-0.05, 0) is 30.5 Å². The number of para-hydroxylation sites is 1. The molecule has 5 bridgehead atoms. The Morgan fingerprint density at radius 1 is 1.00 bits per heavy atom. The zero-order valence-electron chi connectivity index (χ0n) is 25.7. The normalized spacial score (nSPS) is 30.1. The third-order valence-corrected chi connectivity index (χ3v) is 9.44. The number of ether oxygens (including phenoxy) is 2. The van der Waals surface area contributed by atoms with Gasteiger partial charge in [0.1, 0.15) is 30.4 Å². The number of carbonyl (C=O) groups excluding carboxylic acids is 4. The third-order valence-electron chi connectivity index (χ3n) is 9.44. The number of carbonyl (C=O) groups is 4. The van der Waals surface area contributed by atoms with Crippen LogP contribution in [0.25, 0.3) is 11.0 Å². The number of nitrogens with one attached hydrogen (secondary N) is 1. The predicted octanol–water partition coefficient (Wildman–Crippen LogP) is 1.50. The number of nitrogens with zero attached hydrogens (tertiary/aromatic N) is 5. The number of esters is 1. The first-order chi connectivity index (χ1) is 22.9. The second-order valence-electron chi connectivity index (χ2n) is 12.3. The van der Waals surface area contributed by atoms with Gasteiger partial charge in [0.05, 0.1) is 29.5 Å². The number of hydrogen-bond acceptors (Lipinski definition) is 9. The fourth-order valence-electron chi connectivity index (χ4n) is 7.25. The molecule has 2 fully saturated rings. The first kappa shape index (κ1) is 30.8. The van der Waals surface area contributed by atoms with Gasteiger partial charge >= 0.3 is 5.97 Å². The minimum atomic E-state index is -1.38. The van der Waals surface area contributed by atoms with Crippen molar-refractivity contribution in [1.82, 2.24) is 30.1 Å². The molecule has 0 unspecified atom stereocenters. The molecule has 13 heteroatoms. The van der Waals surface area contributed by atoms with Crippen molar-refractivity contribution in [3.63, 3.8) is 0 Å². The molecule has 1 spiro atoms. The van der Waals surface area contributed by atoms with Crippen LogP contribution in [-0.4, -0.2) is 97.6 Å². The Labute approximate surface area is 270 Å². The SMILES string of the molecule is O=C1CC/C=C\CN(Cn2nnc3ccccc32)C(=O)[C@@H]2N(CCCO)C(=O)[C@H]3[C@H](C(=O)N[C@H](c4ccccc4)CO1)[C@@H]1C=C[C@]23O1. The Bertz CT molecular complexity index is 1740. The molecular formula is C34H36N6O7. The van der Waals surface area contributed by atoms with E-state index in [0.29, 0.717) is 11.9 Å². The van der Waals surface area contributed by atoms with Gasteiger partial charge in [0, 0.05) is 26.1 Å². The van der Waals surface area contributed by atoms with E-state index in [1.807, 2.05) is 60.7 Å². The maximum atomic E-state index is 14.8. The van der Waals surface area contributed by atoms with Gasteiger partial charge in [-0.25, -0.2) is 4.68 Å². The number of likely N-dealkylation sites (tertiary alicyclic amines) is 1. The van der Waals surface area contributed by atoms with Crippen molar-refractivity contribution >= 4 is 34.7 Å². The molecule has 3 amide bonds. The molecule has 2 aromatic carbocycles. The topological polar surface area (TPSA) is 156 Å². The average molecular weight is 641 g/mol. The summed E-state index contributed by atoms with van der Waals surface area (Å²) in [7, 11) is 0.